The van der Waals surface area contributed by atoms with Crippen molar-refractivity contribution in [3.05, 3.63) is 35.0 Å². The van der Waals surface area contributed by atoms with E-state index in [1.807, 2.05) is 24.3 Å². The molecular weight excluding hydrogens is 236 g/mol. The van der Waals surface area contributed by atoms with Crippen LogP contribution >= 0.6 is 11.6 Å². The molecule has 90 valence electrons. The van der Waals surface area contributed by atoms with E-state index in [0.717, 1.165) is 16.9 Å². The second kappa shape index (κ2) is 4.08. The van der Waals surface area contributed by atoms with Crippen molar-refractivity contribution >= 4 is 17.4 Å². The van der Waals surface area contributed by atoms with Gasteiger partial charge < -0.3 is 10.3 Å². The summed E-state index contributed by atoms with van der Waals surface area (Å²) in [7, 11) is 0. The Bertz CT molecular complexity index is 523. The minimum absolute atomic E-state index is 0.139. The lowest BCUT2D eigenvalue weighted by Gasteiger charge is -2.16. The largest absolute Gasteiger partial charge is 0.380 e. The summed E-state index contributed by atoms with van der Waals surface area (Å²) in [6.07, 6.45) is 0. The van der Waals surface area contributed by atoms with Gasteiger partial charge in [-0.15, -0.1) is 0 Å². The predicted molar refractivity (Wildman–Crippen MR) is 70.1 cm³/mol. The average Bonchev–Trinajstić information content (AvgIpc) is 2.61. The second-order valence-corrected chi connectivity index (χ2v) is 5.47. The first-order chi connectivity index (χ1) is 7.89. The maximum atomic E-state index is 5.87. The van der Waals surface area contributed by atoms with Crippen molar-refractivity contribution in [2.24, 2.45) is 0 Å². The number of rotatable bonds is 1. The lowest BCUT2D eigenvalue weighted by molar-refractivity contribution is 0.332. The van der Waals surface area contributed by atoms with Crippen molar-refractivity contribution in [2.75, 3.05) is 5.73 Å². The van der Waals surface area contributed by atoms with Crippen LogP contribution in [0.3, 0.4) is 0 Å². The first-order valence-electron chi connectivity index (χ1n) is 5.41. The molecule has 3 nitrogen and oxygen atoms in total. The van der Waals surface area contributed by atoms with Gasteiger partial charge in [-0.2, -0.15) is 0 Å². The highest BCUT2D eigenvalue weighted by molar-refractivity contribution is 6.30. The van der Waals surface area contributed by atoms with Crippen LogP contribution in [-0.4, -0.2) is 5.16 Å². The molecule has 0 atom stereocenters. The highest BCUT2D eigenvalue weighted by atomic mass is 35.5. The third kappa shape index (κ3) is 2.29. The van der Waals surface area contributed by atoms with Crippen LogP contribution in [0.4, 0.5) is 5.82 Å². The Kier molecular flexibility index (Phi) is 2.87. The molecule has 0 aliphatic rings. The summed E-state index contributed by atoms with van der Waals surface area (Å²) in [4.78, 5) is 0. The quantitative estimate of drug-likeness (QED) is 0.836. The van der Waals surface area contributed by atoms with Gasteiger partial charge in [0, 0.05) is 10.4 Å². The molecule has 2 aromatic rings. The Morgan fingerprint density at radius 3 is 2.29 bits per heavy atom. The molecule has 0 aliphatic heterocycles. The maximum absolute atomic E-state index is 5.87. The number of nitrogens with zero attached hydrogens (tertiary/aromatic N) is 1. The van der Waals surface area contributed by atoms with Crippen LogP contribution in [0.25, 0.3) is 11.1 Å². The molecule has 1 aromatic heterocycles. The summed E-state index contributed by atoms with van der Waals surface area (Å²) in [5.41, 5.74) is 7.56. The Morgan fingerprint density at radius 1 is 1.18 bits per heavy atom. The van der Waals surface area contributed by atoms with Crippen molar-refractivity contribution in [3.8, 4) is 11.1 Å². The van der Waals surface area contributed by atoms with Gasteiger partial charge in [-0.25, -0.2) is 0 Å². The number of hydrogen-bond donors (Lipinski definition) is 1. The van der Waals surface area contributed by atoms with Gasteiger partial charge in [-0.3, -0.25) is 0 Å². The van der Waals surface area contributed by atoms with E-state index in [-0.39, 0.29) is 5.41 Å². The average molecular weight is 251 g/mol. The van der Waals surface area contributed by atoms with Gasteiger partial charge in [0.2, 0.25) is 0 Å². The molecule has 1 aromatic carbocycles. The van der Waals surface area contributed by atoms with E-state index in [1.165, 1.54) is 0 Å². The SMILES string of the molecule is CC(C)(C)c1onc(N)c1-c1ccc(Cl)cc1. The van der Waals surface area contributed by atoms with E-state index in [2.05, 4.69) is 25.9 Å². The van der Waals surface area contributed by atoms with Crippen molar-refractivity contribution in [1.82, 2.24) is 5.16 Å². The molecule has 0 amide bonds. The molecular formula is C13H15ClN2O. The minimum atomic E-state index is -0.139. The molecule has 2 rings (SSSR count). The summed E-state index contributed by atoms with van der Waals surface area (Å²) >= 11 is 5.87. The summed E-state index contributed by atoms with van der Waals surface area (Å²) in [5, 5.41) is 4.55. The molecule has 0 unspecified atom stereocenters. The molecule has 17 heavy (non-hydrogen) atoms. The third-order valence-electron chi connectivity index (χ3n) is 2.53. The van der Waals surface area contributed by atoms with Crippen LogP contribution < -0.4 is 5.73 Å². The standard InChI is InChI=1S/C13H15ClN2O/c1-13(2,3)11-10(12(15)16-17-11)8-4-6-9(14)7-5-8/h4-7H,1-3H3,(H2,15,16). The smallest absolute Gasteiger partial charge is 0.175 e. The molecule has 0 saturated carbocycles. The molecule has 0 radical (unpaired) electrons. The van der Waals surface area contributed by atoms with Gasteiger partial charge in [-0.05, 0) is 17.7 Å². The van der Waals surface area contributed by atoms with Gasteiger partial charge >= 0.3 is 0 Å². The van der Waals surface area contributed by atoms with Gasteiger partial charge in [0.25, 0.3) is 0 Å². The van der Waals surface area contributed by atoms with E-state index in [0.29, 0.717) is 10.8 Å². The highest BCUT2D eigenvalue weighted by Gasteiger charge is 2.26. The minimum Gasteiger partial charge on any atom is -0.380 e. The van der Waals surface area contributed by atoms with Crippen LogP contribution in [0.5, 0.6) is 0 Å². The first-order valence-corrected chi connectivity index (χ1v) is 5.79. The first kappa shape index (κ1) is 12.0. The predicted octanol–water partition coefficient (Wildman–Crippen LogP) is 3.87. The zero-order valence-corrected chi connectivity index (χ0v) is 10.9. The molecule has 4 heteroatoms. The van der Waals surface area contributed by atoms with Crippen molar-refractivity contribution in [3.63, 3.8) is 0 Å². The van der Waals surface area contributed by atoms with Crippen molar-refractivity contribution in [2.45, 2.75) is 26.2 Å². The van der Waals surface area contributed by atoms with Gasteiger partial charge in [0.05, 0.1) is 5.56 Å². The van der Waals surface area contributed by atoms with E-state index >= 15 is 0 Å². The third-order valence-corrected chi connectivity index (χ3v) is 2.78. The van der Waals surface area contributed by atoms with E-state index in [9.17, 15) is 0 Å². The van der Waals surface area contributed by atoms with Gasteiger partial charge in [0.1, 0.15) is 0 Å². The molecule has 0 spiro atoms. The molecule has 0 saturated heterocycles. The summed E-state index contributed by atoms with van der Waals surface area (Å²) in [5.74, 6) is 1.20. The molecule has 0 aliphatic carbocycles. The lowest BCUT2D eigenvalue weighted by atomic mass is 9.88. The Morgan fingerprint density at radius 2 is 1.76 bits per heavy atom. The maximum Gasteiger partial charge on any atom is 0.175 e. The zero-order valence-electron chi connectivity index (χ0n) is 10.1. The van der Waals surface area contributed by atoms with Crippen molar-refractivity contribution in [1.29, 1.82) is 0 Å². The van der Waals surface area contributed by atoms with E-state index in [1.54, 1.807) is 0 Å². The summed E-state index contributed by atoms with van der Waals surface area (Å²) in [6.45, 7) is 6.19. The highest BCUT2D eigenvalue weighted by Crippen LogP contribution is 2.37. The molecule has 0 bridgehead atoms. The topological polar surface area (TPSA) is 52.0 Å². The number of nitrogens with two attached hydrogens (primary N) is 1. The molecule has 0 fully saturated rings. The van der Waals surface area contributed by atoms with Gasteiger partial charge in [-0.1, -0.05) is 49.7 Å². The number of benzene rings is 1. The Labute approximate surface area is 106 Å². The number of nitrogen functional groups attached to an aromatic ring is 1. The fourth-order valence-electron chi connectivity index (χ4n) is 1.71. The van der Waals surface area contributed by atoms with E-state index < -0.39 is 0 Å². The van der Waals surface area contributed by atoms with Crippen LogP contribution in [0.2, 0.25) is 5.02 Å². The summed E-state index contributed by atoms with van der Waals surface area (Å²) in [6, 6.07) is 7.49. The monoisotopic (exact) mass is 250 g/mol. The molecule has 2 N–H and O–H groups in total. The van der Waals surface area contributed by atoms with Crippen LogP contribution in [0.15, 0.2) is 28.8 Å². The van der Waals surface area contributed by atoms with Crippen molar-refractivity contribution < 1.29 is 4.52 Å². The van der Waals surface area contributed by atoms with Crippen LogP contribution in [0, 0.1) is 0 Å². The number of halogens is 1. The number of aromatic nitrogens is 1. The normalized spacial score (nSPS) is 11.8. The van der Waals surface area contributed by atoms with Crippen LogP contribution in [0.1, 0.15) is 26.5 Å². The fourth-order valence-corrected chi connectivity index (χ4v) is 1.84. The van der Waals surface area contributed by atoms with Gasteiger partial charge in [0.15, 0.2) is 11.6 Å². The lowest BCUT2D eigenvalue weighted by Crippen LogP contribution is -2.11. The number of hydrogen-bond acceptors (Lipinski definition) is 3. The second-order valence-electron chi connectivity index (χ2n) is 5.03. The summed E-state index contributed by atoms with van der Waals surface area (Å²) < 4.78 is 5.34. The molecule has 1 heterocycles. The Hall–Kier alpha value is -1.48. The van der Waals surface area contributed by atoms with E-state index in [4.69, 9.17) is 21.9 Å². The van der Waals surface area contributed by atoms with Crippen LogP contribution in [-0.2, 0) is 5.41 Å². The zero-order chi connectivity index (χ0) is 12.6. The Balaban J connectivity index is 2.59. The fraction of sp³-hybridized carbons (Fsp3) is 0.308. The number of anilines is 1.